The van der Waals surface area contributed by atoms with Crippen molar-refractivity contribution in [2.24, 2.45) is 0 Å². The van der Waals surface area contributed by atoms with E-state index in [1.54, 1.807) is 13.8 Å². The van der Waals surface area contributed by atoms with Gasteiger partial charge in [0.2, 0.25) is 15.9 Å². The van der Waals surface area contributed by atoms with Crippen LogP contribution in [0.4, 0.5) is 18.9 Å². The molecule has 0 bridgehead atoms. The second-order valence-corrected chi connectivity index (χ2v) is 7.94. The van der Waals surface area contributed by atoms with Crippen LogP contribution < -0.4 is 10.0 Å². The first kappa shape index (κ1) is 20.9. The summed E-state index contributed by atoms with van der Waals surface area (Å²) in [5, 5.41) is 2.53. The van der Waals surface area contributed by atoms with Crippen molar-refractivity contribution >= 4 is 21.6 Å². The molecule has 0 fully saturated rings. The van der Waals surface area contributed by atoms with Gasteiger partial charge in [-0.05, 0) is 49.7 Å². The number of benzene rings is 2. The lowest BCUT2D eigenvalue weighted by molar-refractivity contribution is -0.137. The molecule has 9 heteroatoms. The average molecular weight is 400 g/mol. The highest BCUT2D eigenvalue weighted by Crippen LogP contribution is 2.29. The minimum Gasteiger partial charge on any atom is -0.326 e. The van der Waals surface area contributed by atoms with Gasteiger partial charge in [0.25, 0.3) is 0 Å². The van der Waals surface area contributed by atoms with Crippen LogP contribution in [0, 0.1) is 0 Å². The third-order valence-corrected chi connectivity index (χ3v) is 5.13. The lowest BCUT2D eigenvalue weighted by Crippen LogP contribution is -2.30. The standard InChI is InChI=1S/C18H19F3N2O3S/c1-12(2)23-27(25,26)16-8-6-15(7-9-16)22-17(24)11-13-4-3-5-14(10-13)18(19,20)21/h3-10,12,23H,11H2,1-2H3,(H,22,24). The van der Waals surface area contributed by atoms with E-state index in [1.807, 2.05) is 0 Å². The van der Waals surface area contributed by atoms with Crippen molar-refractivity contribution in [3.8, 4) is 0 Å². The molecule has 0 saturated heterocycles. The summed E-state index contributed by atoms with van der Waals surface area (Å²) in [6.45, 7) is 3.39. The van der Waals surface area contributed by atoms with Crippen molar-refractivity contribution in [2.45, 2.75) is 37.4 Å². The number of hydrogen-bond acceptors (Lipinski definition) is 3. The molecule has 0 saturated carbocycles. The number of rotatable bonds is 6. The van der Waals surface area contributed by atoms with Gasteiger partial charge in [0.1, 0.15) is 0 Å². The molecule has 27 heavy (non-hydrogen) atoms. The van der Waals surface area contributed by atoms with E-state index in [4.69, 9.17) is 0 Å². The third-order valence-electron chi connectivity index (χ3n) is 3.46. The second kappa shape index (κ2) is 8.10. The van der Waals surface area contributed by atoms with Crippen LogP contribution in [0.2, 0.25) is 0 Å². The fraction of sp³-hybridized carbons (Fsp3) is 0.278. The Morgan fingerprint density at radius 3 is 2.26 bits per heavy atom. The molecule has 0 aliphatic rings. The predicted molar refractivity (Wildman–Crippen MR) is 95.7 cm³/mol. The SMILES string of the molecule is CC(C)NS(=O)(=O)c1ccc(NC(=O)Cc2cccc(C(F)(F)F)c2)cc1. The highest BCUT2D eigenvalue weighted by molar-refractivity contribution is 7.89. The Kier molecular flexibility index (Phi) is 6.27. The lowest BCUT2D eigenvalue weighted by Gasteiger charge is -2.11. The summed E-state index contributed by atoms with van der Waals surface area (Å²) in [5.41, 5.74) is -0.252. The monoisotopic (exact) mass is 400 g/mol. The van der Waals surface area contributed by atoms with Crippen LogP contribution >= 0.6 is 0 Å². The van der Waals surface area contributed by atoms with Gasteiger partial charge in [-0.1, -0.05) is 18.2 Å². The predicted octanol–water partition coefficient (Wildman–Crippen LogP) is 3.57. The summed E-state index contributed by atoms with van der Waals surface area (Å²) in [5.74, 6) is -0.509. The molecule has 5 nitrogen and oxygen atoms in total. The van der Waals surface area contributed by atoms with Gasteiger partial charge < -0.3 is 5.32 Å². The Morgan fingerprint density at radius 1 is 1.07 bits per heavy atom. The Bertz CT molecular complexity index is 908. The van der Waals surface area contributed by atoms with Crippen LogP contribution in [0.15, 0.2) is 53.4 Å². The number of carbonyl (C=O) groups excluding carboxylic acids is 1. The Hall–Kier alpha value is -2.39. The largest absolute Gasteiger partial charge is 0.416 e. The second-order valence-electron chi connectivity index (χ2n) is 6.22. The summed E-state index contributed by atoms with van der Waals surface area (Å²) < 4.78 is 64.7. The van der Waals surface area contributed by atoms with Crippen LogP contribution in [0.25, 0.3) is 0 Å². The number of amides is 1. The molecule has 2 aromatic rings. The zero-order valence-corrected chi connectivity index (χ0v) is 15.5. The fourth-order valence-corrected chi connectivity index (χ4v) is 3.60. The van der Waals surface area contributed by atoms with E-state index in [0.29, 0.717) is 5.69 Å². The summed E-state index contributed by atoms with van der Waals surface area (Å²) >= 11 is 0. The molecule has 2 aromatic carbocycles. The number of nitrogens with one attached hydrogen (secondary N) is 2. The van der Waals surface area contributed by atoms with Crippen LogP contribution in [-0.2, 0) is 27.4 Å². The van der Waals surface area contributed by atoms with Crippen LogP contribution in [0.5, 0.6) is 0 Å². The fourth-order valence-electron chi connectivity index (χ4n) is 2.34. The van der Waals surface area contributed by atoms with Crippen molar-refractivity contribution in [1.29, 1.82) is 0 Å². The van der Waals surface area contributed by atoms with Crippen LogP contribution in [0.1, 0.15) is 25.0 Å². The zero-order chi connectivity index (χ0) is 20.2. The van der Waals surface area contributed by atoms with Crippen molar-refractivity contribution in [1.82, 2.24) is 4.72 Å². The van der Waals surface area contributed by atoms with Gasteiger partial charge in [-0.25, -0.2) is 13.1 Å². The molecule has 2 rings (SSSR count). The lowest BCUT2D eigenvalue weighted by atomic mass is 10.1. The maximum atomic E-state index is 12.7. The molecule has 0 aromatic heterocycles. The Balaban J connectivity index is 2.05. The normalized spacial score (nSPS) is 12.2. The minimum atomic E-state index is -4.47. The maximum absolute atomic E-state index is 12.7. The van der Waals surface area contributed by atoms with Crippen LogP contribution in [-0.4, -0.2) is 20.4 Å². The van der Waals surface area contributed by atoms with Gasteiger partial charge in [-0.2, -0.15) is 13.2 Å². The van der Waals surface area contributed by atoms with E-state index >= 15 is 0 Å². The van der Waals surface area contributed by atoms with Gasteiger partial charge in [0, 0.05) is 11.7 Å². The van der Waals surface area contributed by atoms with E-state index in [0.717, 1.165) is 12.1 Å². The molecule has 2 N–H and O–H groups in total. The third kappa shape index (κ3) is 6.07. The highest BCUT2D eigenvalue weighted by Gasteiger charge is 2.30. The maximum Gasteiger partial charge on any atom is 0.416 e. The van der Waals surface area contributed by atoms with E-state index < -0.39 is 27.7 Å². The summed E-state index contributed by atoms with van der Waals surface area (Å²) in [4.78, 5) is 12.1. The smallest absolute Gasteiger partial charge is 0.326 e. The molecule has 0 radical (unpaired) electrons. The molecule has 0 aliphatic carbocycles. The first-order valence-corrected chi connectivity index (χ1v) is 9.54. The zero-order valence-electron chi connectivity index (χ0n) is 14.7. The van der Waals surface area contributed by atoms with Crippen molar-refractivity contribution < 1.29 is 26.4 Å². The van der Waals surface area contributed by atoms with E-state index in [1.165, 1.54) is 36.4 Å². The summed E-state index contributed by atoms with van der Waals surface area (Å²) in [6.07, 6.45) is -4.71. The number of hydrogen-bond donors (Lipinski definition) is 2. The van der Waals surface area contributed by atoms with Crippen LogP contribution in [0.3, 0.4) is 0 Å². The highest BCUT2D eigenvalue weighted by atomic mass is 32.2. The minimum absolute atomic E-state index is 0.0482. The van der Waals surface area contributed by atoms with Crippen molar-refractivity contribution in [2.75, 3.05) is 5.32 Å². The topological polar surface area (TPSA) is 75.3 Å². The quantitative estimate of drug-likeness (QED) is 0.778. The number of alkyl halides is 3. The molecule has 0 atom stereocenters. The van der Waals surface area contributed by atoms with Gasteiger partial charge in [-0.3, -0.25) is 4.79 Å². The van der Waals surface area contributed by atoms with E-state index in [9.17, 15) is 26.4 Å². The first-order chi connectivity index (χ1) is 12.5. The van der Waals surface area contributed by atoms with E-state index in [-0.39, 0.29) is 22.9 Å². The molecule has 0 unspecified atom stereocenters. The van der Waals surface area contributed by atoms with E-state index in [2.05, 4.69) is 10.0 Å². The van der Waals surface area contributed by atoms with Gasteiger partial charge in [-0.15, -0.1) is 0 Å². The Morgan fingerprint density at radius 2 is 1.70 bits per heavy atom. The molecule has 146 valence electrons. The van der Waals surface area contributed by atoms with Crippen molar-refractivity contribution in [3.63, 3.8) is 0 Å². The molecule has 1 amide bonds. The number of anilines is 1. The Labute approximate surface area is 155 Å². The first-order valence-electron chi connectivity index (χ1n) is 8.06. The molecular weight excluding hydrogens is 381 g/mol. The molecule has 0 spiro atoms. The van der Waals surface area contributed by atoms with Gasteiger partial charge in [0.15, 0.2) is 0 Å². The molecular formula is C18H19F3N2O3S. The summed E-state index contributed by atoms with van der Waals surface area (Å²) in [6, 6.07) is 9.78. The number of halogens is 3. The van der Waals surface area contributed by atoms with Gasteiger partial charge >= 0.3 is 6.18 Å². The average Bonchev–Trinajstić information content (AvgIpc) is 2.53. The summed E-state index contributed by atoms with van der Waals surface area (Å²) in [7, 11) is -3.64. The number of sulfonamides is 1. The van der Waals surface area contributed by atoms with Gasteiger partial charge in [0.05, 0.1) is 16.9 Å². The molecule has 0 aliphatic heterocycles. The number of carbonyl (C=O) groups is 1. The van der Waals surface area contributed by atoms with Crippen molar-refractivity contribution in [3.05, 3.63) is 59.7 Å². The molecule has 0 heterocycles.